The molecule has 1 N–H and O–H groups in total. The van der Waals surface area contributed by atoms with Crippen molar-refractivity contribution in [2.24, 2.45) is 0 Å². The Kier molecular flexibility index (Phi) is 8.42. The van der Waals surface area contributed by atoms with E-state index in [2.05, 4.69) is 192 Å². The van der Waals surface area contributed by atoms with E-state index >= 15 is 0 Å². The number of aromatic amines is 1. The Hall–Kier alpha value is -8.41. The Labute approximate surface area is 358 Å². The highest BCUT2D eigenvalue weighted by molar-refractivity contribution is 6.13. The van der Waals surface area contributed by atoms with E-state index in [4.69, 9.17) is 15.0 Å². The van der Waals surface area contributed by atoms with Crippen molar-refractivity contribution >= 4 is 43.6 Å². The smallest absolute Gasteiger partial charge is 0.166 e. The van der Waals surface area contributed by atoms with Crippen LogP contribution < -0.4 is 0 Å². The van der Waals surface area contributed by atoms with Gasteiger partial charge in [0.1, 0.15) is 0 Å². The Morgan fingerprint density at radius 2 is 0.790 bits per heavy atom. The molecule has 0 aliphatic carbocycles. The van der Waals surface area contributed by atoms with Gasteiger partial charge in [-0.05, 0) is 58.1 Å². The number of para-hydroxylation sites is 2. The normalized spacial score (nSPS) is 11.5. The molecule has 0 spiro atoms. The fraction of sp³-hybridized carbons (Fsp3) is 0. The number of benzene rings is 9. The molecular weight excluding hydrogens is 755 g/mol. The molecule has 0 aliphatic heterocycles. The monoisotopic (exact) mass is 791 g/mol. The molecule has 5 nitrogen and oxygen atoms in total. The number of hydrogen-bond acceptors (Lipinski definition) is 3. The maximum atomic E-state index is 5.35. The lowest BCUT2D eigenvalue weighted by molar-refractivity contribution is 1.06. The van der Waals surface area contributed by atoms with Crippen LogP contribution in [0.3, 0.4) is 0 Å². The van der Waals surface area contributed by atoms with Gasteiger partial charge >= 0.3 is 0 Å². The van der Waals surface area contributed by atoms with Gasteiger partial charge in [0, 0.05) is 49.3 Å². The van der Waals surface area contributed by atoms with Crippen molar-refractivity contribution in [3.63, 3.8) is 0 Å². The first-order chi connectivity index (χ1) is 30.7. The van der Waals surface area contributed by atoms with Gasteiger partial charge in [-0.2, -0.15) is 0 Å². The van der Waals surface area contributed by atoms with Crippen LogP contribution in [0.1, 0.15) is 0 Å². The number of rotatable bonds is 7. The molecule has 0 unspecified atom stereocenters. The van der Waals surface area contributed by atoms with Gasteiger partial charge in [-0.3, -0.25) is 0 Å². The molecule has 0 fully saturated rings. The molecule has 12 aromatic rings. The second-order valence-electron chi connectivity index (χ2n) is 15.7. The Morgan fingerprint density at radius 3 is 1.37 bits per heavy atom. The molecule has 0 atom stereocenters. The molecular formula is C57H37N5. The van der Waals surface area contributed by atoms with Crippen LogP contribution in [-0.2, 0) is 0 Å². The number of nitrogens with zero attached hydrogens (tertiary/aromatic N) is 4. The summed E-state index contributed by atoms with van der Waals surface area (Å²) in [7, 11) is 0. The van der Waals surface area contributed by atoms with Crippen LogP contribution in [0.4, 0.5) is 0 Å². The summed E-state index contributed by atoms with van der Waals surface area (Å²) >= 11 is 0. The average molecular weight is 792 g/mol. The van der Waals surface area contributed by atoms with Crippen LogP contribution in [0.15, 0.2) is 218 Å². The van der Waals surface area contributed by atoms with Gasteiger partial charge in [-0.15, -0.1) is 0 Å². The van der Waals surface area contributed by atoms with Crippen LogP contribution in [0, 0.1) is 0 Å². The van der Waals surface area contributed by atoms with Crippen molar-refractivity contribution < 1.29 is 0 Å². The second-order valence-corrected chi connectivity index (χ2v) is 15.7. The number of fused-ring (bicyclic) bond motifs is 6. The van der Waals surface area contributed by atoms with Gasteiger partial charge in [0.2, 0.25) is 0 Å². The van der Waals surface area contributed by atoms with Gasteiger partial charge < -0.3 is 9.55 Å². The third kappa shape index (κ3) is 6.06. The summed E-state index contributed by atoms with van der Waals surface area (Å²) in [5.74, 6) is 1.82. The van der Waals surface area contributed by atoms with Gasteiger partial charge in [0.25, 0.3) is 0 Å². The highest BCUT2D eigenvalue weighted by Gasteiger charge is 2.22. The molecule has 3 aromatic heterocycles. The molecule has 5 heteroatoms. The topological polar surface area (TPSA) is 59.4 Å². The SMILES string of the molecule is c1ccc(-c2ccc3c4ccc(-c5ccccc5)cc4n(-c4ccc(-c5cccc6c5[nH]c5ccccc56)cc4-c4nc(-c5ccccc5)nc(-c5ccccc5)n4)c3c2)cc1. The fourth-order valence-electron chi connectivity index (χ4n) is 9.02. The Bertz CT molecular complexity index is 3460. The molecule has 0 bridgehead atoms. The van der Waals surface area contributed by atoms with E-state index in [0.717, 1.165) is 77.8 Å². The van der Waals surface area contributed by atoms with Crippen molar-refractivity contribution in [1.82, 2.24) is 24.5 Å². The largest absolute Gasteiger partial charge is 0.354 e. The van der Waals surface area contributed by atoms with Crippen LogP contribution in [0.25, 0.3) is 117 Å². The minimum absolute atomic E-state index is 0.590. The van der Waals surface area contributed by atoms with Gasteiger partial charge in [-0.25, -0.2) is 15.0 Å². The molecule has 12 rings (SSSR count). The number of nitrogens with one attached hydrogen (secondary N) is 1. The van der Waals surface area contributed by atoms with Gasteiger partial charge in [0.05, 0.1) is 22.2 Å². The highest BCUT2D eigenvalue weighted by Crippen LogP contribution is 2.42. The van der Waals surface area contributed by atoms with Crippen LogP contribution in [-0.4, -0.2) is 24.5 Å². The Balaban J connectivity index is 1.19. The molecule has 290 valence electrons. The first kappa shape index (κ1) is 35.5. The Morgan fingerprint density at radius 1 is 0.306 bits per heavy atom. The molecule has 0 saturated carbocycles. The zero-order chi connectivity index (χ0) is 41.0. The average Bonchev–Trinajstić information content (AvgIpc) is 3.90. The lowest BCUT2D eigenvalue weighted by Crippen LogP contribution is -2.04. The van der Waals surface area contributed by atoms with Gasteiger partial charge in [0.15, 0.2) is 17.5 Å². The molecule has 62 heavy (non-hydrogen) atoms. The fourth-order valence-corrected chi connectivity index (χ4v) is 9.02. The maximum absolute atomic E-state index is 5.35. The molecule has 0 radical (unpaired) electrons. The predicted octanol–water partition coefficient (Wildman–Crippen LogP) is 14.6. The second kappa shape index (κ2) is 14.7. The molecule has 0 saturated heterocycles. The summed E-state index contributed by atoms with van der Waals surface area (Å²) in [4.78, 5) is 19.5. The minimum Gasteiger partial charge on any atom is -0.354 e. The first-order valence-electron chi connectivity index (χ1n) is 20.9. The number of hydrogen-bond donors (Lipinski definition) is 1. The quantitative estimate of drug-likeness (QED) is 0.175. The standard InChI is InChI=1S/C57H37N5/c1-5-16-37(17-6-1)41-28-31-46-47-32-29-42(38-18-7-2-8-19-38)36-53(47)62(52(46)35-41)51-33-30-43(44-25-15-26-48-45-24-13-14-27-50(45)58-54(44)48)34-49(51)57-60-55(39-20-9-3-10-21-39)59-56(61-57)40-22-11-4-12-23-40/h1-36,58H. The maximum Gasteiger partial charge on any atom is 0.166 e. The highest BCUT2D eigenvalue weighted by atomic mass is 15.1. The number of H-pyrrole nitrogens is 1. The predicted molar refractivity (Wildman–Crippen MR) is 256 cm³/mol. The third-order valence-electron chi connectivity index (χ3n) is 12.0. The van der Waals surface area contributed by atoms with Crippen LogP contribution in [0.2, 0.25) is 0 Å². The molecule has 0 amide bonds. The summed E-state index contributed by atoms with van der Waals surface area (Å²) in [6.45, 7) is 0. The van der Waals surface area contributed by atoms with Crippen molar-refractivity contribution in [3.8, 4) is 73.2 Å². The summed E-state index contributed by atoms with van der Waals surface area (Å²) in [5, 5.41) is 4.73. The van der Waals surface area contributed by atoms with Crippen molar-refractivity contribution in [1.29, 1.82) is 0 Å². The third-order valence-corrected chi connectivity index (χ3v) is 12.0. The summed E-state index contributed by atoms with van der Waals surface area (Å²) in [5.41, 5.74) is 14.9. The van der Waals surface area contributed by atoms with Crippen LogP contribution in [0.5, 0.6) is 0 Å². The van der Waals surface area contributed by atoms with Crippen molar-refractivity contribution in [3.05, 3.63) is 218 Å². The summed E-state index contributed by atoms with van der Waals surface area (Å²) in [6, 6.07) is 77.1. The van der Waals surface area contributed by atoms with E-state index in [0.29, 0.717) is 17.5 Å². The minimum atomic E-state index is 0.590. The lowest BCUT2D eigenvalue weighted by Gasteiger charge is -2.17. The first-order valence-corrected chi connectivity index (χ1v) is 20.9. The molecule has 3 heterocycles. The number of aromatic nitrogens is 5. The lowest BCUT2D eigenvalue weighted by atomic mass is 9.98. The summed E-state index contributed by atoms with van der Waals surface area (Å²) in [6.07, 6.45) is 0. The van der Waals surface area contributed by atoms with E-state index < -0.39 is 0 Å². The zero-order valence-corrected chi connectivity index (χ0v) is 33.6. The molecule has 9 aromatic carbocycles. The van der Waals surface area contributed by atoms with Gasteiger partial charge in [-0.1, -0.05) is 188 Å². The molecule has 0 aliphatic rings. The van der Waals surface area contributed by atoms with E-state index in [9.17, 15) is 0 Å². The summed E-state index contributed by atoms with van der Waals surface area (Å²) < 4.78 is 2.42. The van der Waals surface area contributed by atoms with E-state index in [1.807, 2.05) is 36.4 Å². The van der Waals surface area contributed by atoms with E-state index in [1.165, 1.54) is 21.5 Å². The van der Waals surface area contributed by atoms with E-state index in [-0.39, 0.29) is 0 Å². The van der Waals surface area contributed by atoms with Crippen molar-refractivity contribution in [2.75, 3.05) is 0 Å². The van der Waals surface area contributed by atoms with Crippen LogP contribution >= 0.6 is 0 Å². The van der Waals surface area contributed by atoms with Crippen molar-refractivity contribution in [2.45, 2.75) is 0 Å². The van der Waals surface area contributed by atoms with E-state index in [1.54, 1.807) is 0 Å². The zero-order valence-electron chi connectivity index (χ0n) is 33.6.